The van der Waals surface area contributed by atoms with Crippen molar-refractivity contribution in [3.05, 3.63) is 134 Å². The molecule has 1 atom stereocenters. The van der Waals surface area contributed by atoms with E-state index in [4.69, 9.17) is 14.2 Å². The molecule has 0 saturated heterocycles. The van der Waals surface area contributed by atoms with Gasteiger partial charge in [-0.3, -0.25) is 14.4 Å². The van der Waals surface area contributed by atoms with Gasteiger partial charge >= 0.3 is 17.9 Å². The van der Waals surface area contributed by atoms with Gasteiger partial charge < -0.3 is 14.2 Å². The van der Waals surface area contributed by atoms with E-state index < -0.39 is 6.10 Å². The second kappa shape index (κ2) is 49.2. The van der Waals surface area contributed by atoms with E-state index in [9.17, 15) is 14.4 Å². The molecule has 0 fully saturated rings. The molecule has 6 nitrogen and oxygen atoms in total. The third kappa shape index (κ3) is 46.6. The Bertz CT molecular complexity index is 1400. The molecular formula is C56H86O6. The van der Waals surface area contributed by atoms with Crippen LogP contribution in [0.4, 0.5) is 0 Å². The highest BCUT2D eigenvalue weighted by atomic mass is 16.6. The Balaban J connectivity index is 4.64. The van der Waals surface area contributed by atoms with Gasteiger partial charge in [0.05, 0.1) is 0 Å². The number of esters is 3. The van der Waals surface area contributed by atoms with E-state index >= 15 is 0 Å². The zero-order chi connectivity index (χ0) is 45.1. The molecule has 346 valence electrons. The first-order valence-corrected chi connectivity index (χ1v) is 24.2. The molecule has 0 aliphatic rings. The first-order valence-electron chi connectivity index (χ1n) is 24.2. The second-order valence-corrected chi connectivity index (χ2v) is 15.3. The molecule has 0 aliphatic heterocycles. The van der Waals surface area contributed by atoms with Gasteiger partial charge in [-0.05, 0) is 89.9 Å². The van der Waals surface area contributed by atoms with E-state index in [1.807, 2.05) is 42.5 Å². The topological polar surface area (TPSA) is 78.9 Å². The fraction of sp³-hybridized carbons (Fsp3) is 0.554. The summed E-state index contributed by atoms with van der Waals surface area (Å²) in [6, 6.07) is 0. The highest BCUT2D eigenvalue weighted by Crippen LogP contribution is 2.11. The molecule has 0 aliphatic carbocycles. The molecule has 0 bridgehead atoms. The molecule has 0 N–H and O–H groups in total. The van der Waals surface area contributed by atoms with E-state index in [1.54, 1.807) is 0 Å². The van der Waals surface area contributed by atoms with Gasteiger partial charge in [0.1, 0.15) is 13.2 Å². The van der Waals surface area contributed by atoms with Gasteiger partial charge in [-0.1, -0.05) is 206 Å². The second-order valence-electron chi connectivity index (χ2n) is 15.3. The summed E-state index contributed by atoms with van der Waals surface area (Å²) in [4.78, 5) is 37.8. The smallest absolute Gasteiger partial charge is 0.306 e. The molecule has 0 rings (SSSR count). The van der Waals surface area contributed by atoms with Crippen molar-refractivity contribution in [2.24, 2.45) is 0 Å². The Morgan fingerprint density at radius 3 is 1.24 bits per heavy atom. The first kappa shape index (κ1) is 57.5. The van der Waals surface area contributed by atoms with Crippen LogP contribution >= 0.6 is 0 Å². The van der Waals surface area contributed by atoms with Crippen molar-refractivity contribution in [2.75, 3.05) is 13.2 Å². The molecule has 0 saturated carbocycles. The lowest BCUT2D eigenvalue weighted by Gasteiger charge is -2.18. The SMILES string of the molecule is CC/C=C/C=C/C=C/C=C/CCCCCCCC(=O)OC(COC(=O)CC/C=C/C/C=C/C/C=C/C/C=C/C/C=C/CC)COC(=O)CC/C=C/C/C=C/CCCCCCCC. The summed E-state index contributed by atoms with van der Waals surface area (Å²) in [5.41, 5.74) is 0. The molecule has 0 spiro atoms. The number of carbonyl (C=O) groups excluding carboxylic acids is 3. The third-order valence-corrected chi connectivity index (χ3v) is 9.49. The number of carbonyl (C=O) groups is 3. The summed E-state index contributed by atoms with van der Waals surface area (Å²) in [7, 11) is 0. The largest absolute Gasteiger partial charge is 0.462 e. The Labute approximate surface area is 379 Å². The van der Waals surface area contributed by atoms with Crippen LogP contribution in [-0.2, 0) is 28.6 Å². The van der Waals surface area contributed by atoms with Crippen molar-refractivity contribution in [1.82, 2.24) is 0 Å². The zero-order valence-corrected chi connectivity index (χ0v) is 39.3. The molecule has 0 heterocycles. The molecule has 6 heteroatoms. The molecule has 0 aromatic heterocycles. The Morgan fingerprint density at radius 1 is 0.355 bits per heavy atom. The van der Waals surface area contributed by atoms with Crippen LogP contribution in [0.25, 0.3) is 0 Å². The number of hydrogen-bond donors (Lipinski definition) is 0. The standard InChI is InChI=1S/C56H86O6/c1-4-7-10-13-16-19-22-25-27-29-31-34-37-40-43-46-49-55(58)61-52-53(51-60-54(57)48-45-42-39-36-33-30-24-21-18-15-12-9-6-3)62-56(59)50-47-44-41-38-35-32-28-26-23-20-17-14-11-8-5-2/h7-8,10-11,14,16-17,19-20,23,25-28,30-31,33-34,39-40,42-43,53H,4-6,9,12-13,15,18,21-22,24,29,32,35-38,41,44-52H2,1-3H3/b10-7+,11-8+,17-14+,19-16+,23-20+,27-25+,28-26+,33-30+,34-31+,42-39+,43-40+. The van der Waals surface area contributed by atoms with Gasteiger partial charge in [-0.2, -0.15) is 0 Å². The van der Waals surface area contributed by atoms with E-state index in [1.165, 1.54) is 38.5 Å². The van der Waals surface area contributed by atoms with Crippen LogP contribution < -0.4 is 0 Å². The molecule has 0 aromatic rings. The molecular weight excluding hydrogens is 769 g/mol. The van der Waals surface area contributed by atoms with E-state index in [0.717, 1.165) is 89.9 Å². The average Bonchev–Trinajstić information content (AvgIpc) is 3.27. The van der Waals surface area contributed by atoms with E-state index in [2.05, 4.69) is 112 Å². The van der Waals surface area contributed by atoms with Crippen LogP contribution in [0.15, 0.2) is 134 Å². The predicted molar refractivity (Wildman–Crippen MR) is 265 cm³/mol. The first-order chi connectivity index (χ1) is 30.5. The summed E-state index contributed by atoms with van der Waals surface area (Å²) < 4.78 is 16.6. The molecule has 62 heavy (non-hydrogen) atoms. The Hall–Kier alpha value is -4.45. The molecule has 0 radical (unpaired) electrons. The highest BCUT2D eigenvalue weighted by molar-refractivity contribution is 5.71. The van der Waals surface area contributed by atoms with Gasteiger partial charge in [-0.15, -0.1) is 0 Å². The minimum absolute atomic E-state index is 0.146. The summed E-state index contributed by atoms with van der Waals surface area (Å²) >= 11 is 0. The fourth-order valence-electron chi connectivity index (χ4n) is 5.91. The number of unbranched alkanes of at least 4 members (excludes halogenated alkanes) is 11. The van der Waals surface area contributed by atoms with Crippen molar-refractivity contribution >= 4 is 17.9 Å². The minimum Gasteiger partial charge on any atom is -0.462 e. The van der Waals surface area contributed by atoms with Crippen molar-refractivity contribution < 1.29 is 28.6 Å². The fourth-order valence-corrected chi connectivity index (χ4v) is 5.91. The molecule has 1 unspecified atom stereocenters. The average molecular weight is 855 g/mol. The highest BCUT2D eigenvalue weighted by Gasteiger charge is 2.19. The predicted octanol–water partition coefficient (Wildman–Crippen LogP) is 15.9. The number of allylic oxidation sites excluding steroid dienone is 22. The van der Waals surface area contributed by atoms with Gasteiger partial charge in [0.25, 0.3) is 0 Å². The van der Waals surface area contributed by atoms with Gasteiger partial charge in [-0.25, -0.2) is 0 Å². The molecule has 0 amide bonds. The van der Waals surface area contributed by atoms with Crippen LogP contribution in [-0.4, -0.2) is 37.2 Å². The van der Waals surface area contributed by atoms with Gasteiger partial charge in [0, 0.05) is 19.3 Å². The summed E-state index contributed by atoms with van der Waals surface area (Å²) in [6.07, 6.45) is 68.8. The molecule has 0 aromatic carbocycles. The zero-order valence-electron chi connectivity index (χ0n) is 39.3. The maximum atomic E-state index is 12.8. The van der Waals surface area contributed by atoms with Gasteiger partial charge in [0.2, 0.25) is 0 Å². The lowest BCUT2D eigenvalue weighted by molar-refractivity contribution is -0.166. The van der Waals surface area contributed by atoms with Crippen LogP contribution in [0.5, 0.6) is 0 Å². The monoisotopic (exact) mass is 855 g/mol. The maximum Gasteiger partial charge on any atom is 0.306 e. The van der Waals surface area contributed by atoms with Crippen LogP contribution in [0.2, 0.25) is 0 Å². The number of hydrogen-bond acceptors (Lipinski definition) is 6. The summed E-state index contributed by atoms with van der Waals surface area (Å²) in [5, 5.41) is 0. The summed E-state index contributed by atoms with van der Waals surface area (Å²) in [6.45, 7) is 6.20. The van der Waals surface area contributed by atoms with E-state index in [0.29, 0.717) is 12.8 Å². The number of ether oxygens (including phenoxy) is 3. The van der Waals surface area contributed by atoms with Gasteiger partial charge in [0.15, 0.2) is 6.10 Å². The summed E-state index contributed by atoms with van der Waals surface area (Å²) in [5.74, 6) is -1.13. The Morgan fingerprint density at radius 2 is 0.742 bits per heavy atom. The normalized spacial score (nSPS) is 13.3. The lowest BCUT2D eigenvalue weighted by Crippen LogP contribution is -2.30. The van der Waals surface area contributed by atoms with Crippen molar-refractivity contribution in [3.8, 4) is 0 Å². The van der Waals surface area contributed by atoms with Crippen molar-refractivity contribution in [1.29, 1.82) is 0 Å². The minimum atomic E-state index is -0.847. The number of rotatable bonds is 41. The van der Waals surface area contributed by atoms with Crippen molar-refractivity contribution in [2.45, 2.75) is 187 Å². The third-order valence-electron chi connectivity index (χ3n) is 9.49. The lowest BCUT2D eigenvalue weighted by atomic mass is 10.1. The van der Waals surface area contributed by atoms with Crippen LogP contribution in [0.1, 0.15) is 181 Å². The Kier molecular flexibility index (Phi) is 45.7. The van der Waals surface area contributed by atoms with Crippen LogP contribution in [0, 0.1) is 0 Å². The van der Waals surface area contributed by atoms with Crippen molar-refractivity contribution in [3.63, 3.8) is 0 Å². The quantitative estimate of drug-likeness (QED) is 0.0200. The van der Waals surface area contributed by atoms with Crippen LogP contribution in [0.3, 0.4) is 0 Å². The van der Waals surface area contributed by atoms with E-state index in [-0.39, 0.29) is 50.4 Å². The maximum absolute atomic E-state index is 12.8.